The van der Waals surface area contributed by atoms with Crippen molar-refractivity contribution in [3.05, 3.63) is 85.5 Å². The maximum atomic E-state index is 4.91. The number of nitrogens with zero attached hydrogens (tertiary/aromatic N) is 4. The van der Waals surface area contributed by atoms with Crippen LogP contribution in [-0.4, -0.2) is 30.1 Å². The molecule has 2 aromatic carbocycles. The lowest BCUT2D eigenvalue weighted by Crippen LogP contribution is -1.83. The summed E-state index contributed by atoms with van der Waals surface area (Å²) in [5.41, 5.74) is 7.95. The highest BCUT2D eigenvalue weighted by molar-refractivity contribution is 5.98. The van der Waals surface area contributed by atoms with E-state index in [4.69, 9.17) is 4.98 Å². The highest BCUT2D eigenvalue weighted by Gasteiger charge is 2.15. The second-order valence-electron chi connectivity index (χ2n) is 7.10. The van der Waals surface area contributed by atoms with Crippen molar-refractivity contribution in [3.63, 3.8) is 0 Å². The number of fused-ring (bicyclic) bond motifs is 2. The number of nitrogens with one attached hydrogen (secondary N) is 2. The summed E-state index contributed by atoms with van der Waals surface area (Å²) < 4.78 is 0. The van der Waals surface area contributed by atoms with Crippen LogP contribution in [0.15, 0.2) is 85.5 Å². The summed E-state index contributed by atoms with van der Waals surface area (Å²) in [6.45, 7) is 0. The van der Waals surface area contributed by atoms with E-state index in [1.165, 1.54) is 0 Å². The molecule has 4 aromatic heterocycles. The standard InChI is InChI=1S/C24H16N6/c1-4-18(15-8-11-25-12-9-15)22-21(5-1)27-24(28-22)23-19-13-16(6-7-20(19)29-30-23)17-3-2-10-26-14-17/h1-14H,(H,27,28)(H,29,30). The molecule has 6 rings (SSSR count). The SMILES string of the molecule is c1cncc(-c2ccc3[nH]nc(-c4nc5c(-c6ccncc6)cccc5[nH]4)c3c2)c1. The maximum Gasteiger partial charge on any atom is 0.159 e. The maximum absolute atomic E-state index is 4.91. The zero-order valence-corrected chi connectivity index (χ0v) is 15.9. The van der Waals surface area contributed by atoms with Gasteiger partial charge < -0.3 is 4.98 Å². The van der Waals surface area contributed by atoms with Gasteiger partial charge in [0.15, 0.2) is 5.82 Å². The Hall–Kier alpha value is -4.32. The van der Waals surface area contributed by atoms with Gasteiger partial charge in [-0.25, -0.2) is 4.98 Å². The third-order valence-electron chi connectivity index (χ3n) is 5.29. The van der Waals surface area contributed by atoms with Crippen LogP contribution >= 0.6 is 0 Å². The van der Waals surface area contributed by atoms with Gasteiger partial charge in [0.1, 0.15) is 5.69 Å². The summed E-state index contributed by atoms with van der Waals surface area (Å²) in [4.78, 5) is 16.7. The molecule has 0 amide bonds. The Morgan fingerprint density at radius 2 is 1.63 bits per heavy atom. The second kappa shape index (κ2) is 6.63. The molecule has 0 spiro atoms. The number of benzene rings is 2. The van der Waals surface area contributed by atoms with Crippen LogP contribution in [0.5, 0.6) is 0 Å². The van der Waals surface area contributed by atoms with Crippen molar-refractivity contribution in [3.8, 4) is 33.8 Å². The van der Waals surface area contributed by atoms with E-state index in [0.717, 1.165) is 55.7 Å². The van der Waals surface area contributed by atoms with Gasteiger partial charge in [0, 0.05) is 41.3 Å². The van der Waals surface area contributed by atoms with E-state index < -0.39 is 0 Å². The molecule has 0 aliphatic carbocycles. The molecule has 0 bridgehead atoms. The smallest absolute Gasteiger partial charge is 0.159 e. The fourth-order valence-electron chi connectivity index (χ4n) is 3.82. The number of imidazole rings is 1. The predicted octanol–water partition coefficient (Wildman–Crippen LogP) is 5.23. The highest BCUT2D eigenvalue weighted by Crippen LogP contribution is 2.32. The Bertz CT molecular complexity index is 1480. The minimum absolute atomic E-state index is 0.737. The minimum Gasteiger partial charge on any atom is -0.337 e. The van der Waals surface area contributed by atoms with E-state index in [1.54, 1.807) is 18.6 Å². The summed E-state index contributed by atoms with van der Waals surface area (Å²) in [6.07, 6.45) is 7.23. The van der Waals surface area contributed by atoms with Crippen LogP contribution < -0.4 is 0 Å². The molecule has 0 atom stereocenters. The number of hydrogen-bond donors (Lipinski definition) is 2. The molecule has 0 unspecified atom stereocenters. The van der Waals surface area contributed by atoms with Crippen molar-refractivity contribution in [2.75, 3.05) is 0 Å². The topological polar surface area (TPSA) is 83.1 Å². The van der Waals surface area contributed by atoms with Crippen molar-refractivity contribution < 1.29 is 0 Å². The van der Waals surface area contributed by atoms with Gasteiger partial charge in [-0.1, -0.05) is 24.3 Å². The van der Waals surface area contributed by atoms with Crippen LogP contribution in [0.25, 0.3) is 55.7 Å². The lowest BCUT2D eigenvalue weighted by molar-refractivity contribution is 1.11. The van der Waals surface area contributed by atoms with Crippen LogP contribution in [0.1, 0.15) is 0 Å². The molecular weight excluding hydrogens is 372 g/mol. The average Bonchev–Trinajstić information content (AvgIpc) is 3.43. The predicted molar refractivity (Wildman–Crippen MR) is 118 cm³/mol. The van der Waals surface area contributed by atoms with Gasteiger partial charge in [-0.15, -0.1) is 0 Å². The molecule has 6 heteroatoms. The van der Waals surface area contributed by atoms with E-state index in [2.05, 4.69) is 49.4 Å². The van der Waals surface area contributed by atoms with Crippen molar-refractivity contribution in [2.24, 2.45) is 0 Å². The number of rotatable bonds is 3. The number of aromatic amines is 2. The van der Waals surface area contributed by atoms with Crippen molar-refractivity contribution in [2.45, 2.75) is 0 Å². The summed E-state index contributed by atoms with van der Waals surface area (Å²) in [6, 6.07) is 20.4. The number of pyridine rings is 2. The number of para-hydroxylation sites is 1. The van der Waals surface area contributed by atoms with Gasteiger partial charge in [0.05, 0.1) is 16.6 Å². The van der Waals surface area contributed by atoms with Gasteiger partial charge >= 0.3 is 0 Å². The summed E-state index contributed by atoms with van der Waals surface area (Å²) in [7, 11) is 0. The summed E-state index contributed by atoms with van der Waals surface area (Å²) in [5, 5.41) is 8.69. The van der Waals surface area contributed by atoms with E-state index >= 15 is 0 Å². The van der Waals surface area contributed by atoms with E-state index in [0.29, 0.717) is 0 Å². The molecule has 0 saturated heterocycles. The van der Waals surface area contributed by atoms with Gasteiger partial charge in [0.2, 0.25) is 0 Å². The molecule has 4 heterocycles. The Kier molecular flexibility index (Phi) is 3.67. The lowest BCUT2D eigenvalue weighted by atomic mass is 10.0. The number of hydrogen-bond acceptors (Lipinski definition) is 4. The first kappa shape index (κ1) is 16.6. The Balaban J connectivity index is 1.52. The Morgan fingerprint density at radius 1 is 0.700 bits per heavy atom. The zero-order chi connectivity index (χ0) is 19.9. The van der Waals surface area contributed by atoms with Crippen molar-refractivity contribution in [1.29, 1.82) is 0 Å². The molecule has 0 fully saturated rings. The van der Waals surface area contributed by atoms with E-state index in [-0.39, 0.29) is 0 Å². The second-order valence-corrected chi connectivity index (χ2v) is 7.10. The molecular formula is C24H16N6. The molecule has 30 heavy (non-hydrogen) atoms. The van der Waals surface area contributed by atoms with E-state index in [1.807, 2.05) is 42.6 Å². The van der Waals surface area contributed by atoms with Crippen LogP contribution in [0.4, 0.5) is 0 Å². The number of H-pyrrole nitrogens is 2. The lowest BCUT2D eigenvalue weighted by Gasteiger charge is -2.01. The van der Waals surface area contributed by atoms with Gasteiger partial charge in [0.25, 0.3) is 0 Å². The van der Waals surface area contributed by atoms with Gasteiger partial charge in [-0.3, -0.25) is 15.1 Å². The molecule has 6 nitrogen and oxygen atoms in total. The highest BCUT2D eigenvalue weighted by atomic mass is 15.1. The first-order valence-electron chi connectivity index (χ1n) is 9.65. The van der Waals surface area contributed by atoms with E-state index in [9.17, 15) is 0 Å². The molecule has 0 radical (unpaired) electrons. The van der Waals surface area contributed by atoms with Crippen LogP contribution in [0, 0.1) is 0 Å². The molecule has 0 aliphatic rings. The van der Waals surface area contributed by atoms with Gasteiger partial charge in [-0.05, 0) is 47.5 Å². The van der Waals surface area contributed by atoms with Crippen LogP contribution in [0.2, 0.25) is 0 Å². The largest absolute Gasteiger partial charge is 0.337 e. The Labute approximate surface area is 171 Å². The number of aromatic nitrogens is 6. The fourth-order valence-corrected chi connectivity index (χ4v) is 3.82. The summed E-state index contributed by atoms with van der Waals surface area (Å²) in [5.74, 6) is 0.737. The minimum atomic E-state index is 0.737. The average molecular weight is 388 g/mol. The zero-order valence-electron chi connectivity index (χ0n) is 15.9. The van der Waals surface area contributed by atoms with Crippen molar-refractivity contribution >= 4 is 21.9 Å². The molecule has 6 aromatic rings. The molecule has 0 saturated carbocycles. The van der Waals surface area contributed by atoms with Crippen LogP contribution in [0.3, 0.4) is 0 Å². The molecule has 2 N–H and O–H groups in total. The molecule has 142 valence electrons. The monoisotopic (exact) mass is 388 g/mol. The summed E-state index contributed by atoms with van der Waals surface area (Å²) >= 11 is 0. The first-order valence-corrected chi connectivity index (χ1v) is 9.65. The van der Waals surface area contributed by atoms with Crippen molar-refractivity contribution in [1.82, 2.24) is 30.1 Å². The van der Waals surface area contributed by atoms with Gasteiger partial charge in [-0.2, -0.15) is 5.10 Å². The first-order chi connectivity index (χ1) is 14.9. The normalized spacial score (nSPS) is 11.3. The quantitative estimate of drug-likeness (QED) is 0.435. The fraction of sp³-hybridized carbons (Fsp3) is 0. The third kappa shape index (κ3) is 2.66. The third-order valence-corrected chi connectivity index (χ3v) is 5.29. The molecule has 0 aliphatic heterocycles. The Morgan fingerprint density at radius 3 is 2.50 bits per heavy atom. The van der Waals surface area contributed by atoms with Crippen LogP contribution in [-0.2, 0) is 0 Å².